The molecule has 1 heterocycles. The zero-order valence-corrected chi connectivity index (χ0v) is 10.5. The molecule has 1 rings (SSSR count). The van der Waals surface area contributed by atoms with E-state index in [2.05, 4.69) is 21.2 Å². The van der Waals surface area contributed by atoms with Gasteiger partial charge in [-0.15, -0.1) is 0 Å². The highest BCUT2D eigenvalue weighted by Crippen LogP contribution is 2.18. The molecule has 0 aliphatic heterocycles. The van der Waals surface area contributed by atoms with E-state index in [-0.39, 0.29) is 12.3 Å². The summed E-state index contributed by atoms with van der Waals surface area (Å²) in [5.74, 6) is -1.27. The first-order valence-corrected chi connectivity index (χ1v) is 5.38. The molecule has 2 N–H and O–H groups in total. The number of nitrogens with one attached hydrogen (secondary N) is 1. The van der Waals surface area contributed by atoms with Crippen LogP contribution in [0.1, 0.15) is 24.4 Å². The van der Waals surface area contributed by atoms with Gasteiger partial charge in [0.25, 0.3) is 5.91 Å². The van der Waals surface area contributed by atoms with Crippen LogP contribution in [-0.2, 0) is 4.79 Å². The Hall–Kier alpha value is -1.30. The molecule has 1 aromatic heterocycles. The molecule has 0 saturated heterocycles. The zero-order chi connectivity index (χ0) is 12.3. The van der Waals surface area contributed by atoms with Crippen molar-refractivity contribution in [2.24, 2.45) is 5.41 Å². The highest BCUT2D eigenvalue weighted by Gasteiger charge is 2.28. The van der Waals surface area contributed by atoms with E-state index in [0.717, 1.165) is 0 Å². The Morgan fingerprint density at radius 3 is 2.62 bits per heavy atom. The summed E-state index contributed by atoms with van der Waals surface area (Å²) < 4.78 is 5.49. The van der Waals surface area contributed by atoms with Gasteiger partial charge in [0.15, 0.2) is 0 Å². The summed E-state index contributed by atoms with van der Waals surface area (Å²) in [6.45, 7) is 3.11. The normalized spacial score (nSPS) is 11.2. The van der Waals surface area contributed by atoms with Gasteiger partial charge in [0.1, 0.15) is 0 Å². The van der Waals surface area contributed by atoms with Crippen LogP contribution in [0.3, 0.4) is 0 Å². The van der Waals surface area contributed by atoms with E-state index in [1.165, 1.54) is 20.1 Å². The monoisotopic (exact) mass is 289 g/mol. The summed E-state index contributed by atoms with van der Waals surface area (Å²) in [4.78, 5) is 22.4. The minimum Gasteiger partial charge on any atom is -0.481 e. The first-order chi connectivity index (χ1) is 7.34. The molecule has 1 amide bonds. The number of furan rings is 1. The average Bonchev–Trinajstić information content (AvgIpc) is 2.61. The van der Waals surface area contributed by atoms with Crippen LogP contribution in [0.25, 0.3) is 0 Å². The SMILES string of the molecule is CC(C)(CNC(=O)c1occc1Br)C(=O)O. The minimum absolute atomic E-state index is 0.0360. The lowest BCUT2D eigenvalue weighted by molar-refractivity contribution is -0.146. The van der Waals surface area contributed by atoms with E-state index in [0.29, 0.717) is 4.47 Å². The maximum atomic E-state index is 11.6. The molecular weight excluding hydrogens is 278 g/mol. The molecule has 1 aromatic rings. The van der Waals surface area contributed by atoms with E-state index < -0.39 is 17.3 Å². The van der Waals surface area contributed by atoms with Gasteiger partial charge in [0.2, 0.25) is 5.76 Å². The van der Waals surface area contributed by atoms with Crippen LogP contribution < -0.4 is 5.32 Å². The number of carboxylic acids is 1. The van der Waals surface area contributed by atoms with Crippen molar-refractivity contribution >= 4 is 27.8 Å². The molecule has 16 heavy (non-hydrogen) atoms. The summed E-state index contributed by atoms with van der Waals surface area (Å²) >= 11 is 3.15. The van der Waals surface area contributed by atoms with Crippen LogP contribution in [0.5, 0.6) is 0 Å². The van der Waals surface area contributed by atoms with Gasteiger partial charge in [-0.25, -0.2) is 0 Å². The third kappa shape index (κ3) is 2.85. The van der Waals surface area contributed by atoms with Crippen LogP contribution in [-0.4, -0.2) is 23.5 Å². The summed E-state index contributed by atoms with van der Waals surface area (Å²) in [6, 6.07) is 1.59. The van der Waals surface area contributed by atoms with E-state index >= 15 is 0 Å². The fourth-order valence-corrected chi connectivity index (χ4v) is 1.29. The summed E-state index contributed by atoms with van der Waals surface area (Å²) in [5.41, 5.74) is -1.01. The zero-order valence-electron chi connectivity index (χ0n) is 8.91. The second-order valence-electron chi connectivity index (χ2n) is 3.97. The van der Waals surface area contributed by atoms with E-state index in [9.17, 15) is 9.59 Å². The fraction of sp³-hybridized carbons (Fsp3) is 0.400. The van der Waals surface area contributed by atoms with Gasteiger partial charge in [-0.3, -0.25) is 9.59 Å². The Morgan fingerprint density at radius 1 is 1.56 bits per heavy atom. The number of carbonyl (C=O) groups excluding carboxylic acids is 1. The molecule has 0 saturated carbocycles. The molecule has 0 aliphatic carbocycles. The van der Waals surface area contributed by atoms with Crippen molar-refractivity contribution in [3.63, 3.8) is 0 Å². The summed E-state index contributed by atoms with van der Waals surface area (Å²) in [5, 5.41) is 11.4. The Bertz CT molecular complexity index is 411. The molecule has 0 spiro atoms. The van der Waals surface area contributed by atoms with Gasteiger partial charge in [-0.1, -0.05) is 0 Å². The second kappa shape index (κ2) is 4.69. The first kappa shape index (κ1) is 12.8. The molecule has 0 radical (unpaired) electrons. The number of hydrogen-bond acceptors (Lipinski definition) is 3. The summed E-state index contributed by atoms with van der Waals surface area (Å²) in [7, 11) is 0. The maximum Gasteiger partial charge on any atom is 0.310 e. The predicted octanol–water partition coefficient (Wildman–Crippen LogP) is 1.88. The Kier molecular flexibility index (Phi) is 3.74. The average molecular weight is 290 g/mol. The minimum atomic E-state index is -1.01. The maximum absolute atomic E-state index is 11.6. The Balaban J connectivity index is 2.61. The fourth-order valence-electron chi connectivity index (χ4n) is 0.913. The van der Waals surface area contributed by atoms with E-state index in [4.69, 9.17) is 9.52 Å². The highest BCUT2D eigenvalue weighted by molar-refractivity contribution is 9.10. The van der Waals surface area contributed by atoms with Crippen LogP contribution in [0.15, 0.2) is 21.2 Å². The molecular formula is C10H12BrNO4. The number of halogens is 1. The standard InChI is InChI=1S/C10H12BrNO4/c1-10(2,9(14)15)5-12-8(13)7-6(11)3-4-16-7/h3-4H,5H2,1-2H3,(H,12,13)(H,14,15). The predicted molar refractivity (Wildman–Crippen MR) is 60.2 cm³/mol. The molecule has 6 heteroatoms. The number of rotatable bonds is 4. The van der Waals surface area contributed by atoms with Crippen molar-refractivity contribution in [1.29, 1.82) is 0 Å². The van der Waals surface area contributed by atoms with E-state index in [1.807, 2.05) is 0 Å². The quantitative estimate of drug-likeness (QED) is 0.887. The lowest BCUT2D eigenvalue weighted by Crippen LogP contribution is -2.38. The highest BCUT2D eigenvalue weighted by atomic mass is 79.9. The van der Waals surface area contributed by atoms with Gasteiger partial charge in [0.05, 0.1) is 16.2 Å². The van der Waals surface area contributed by atoms with Crippen molar-refractivity contribution in [2.75, 3.05) is 6.54 Å². The summed E-state index contributed by atoms with van der Waals surface area (Å²) in [6.07, 6.45) is 1.38. The van der Waals surface area contributed by atoms with E-state index in [1.54, 1.807) is 6.07 Å². The number of amides is 1. The van der Waals surface area contributed by atoms with Crippen LogP contribution in [0, 0.1) is 5.41 Å². The van der Waals surface area contributed by atoms with Crippen molar-refractivity contribution in [3.05, 3.63) is 22.6 Å². The molecule has 0 aliphatic rings. The second-order valence-corrected chi connectivity index (χ2v) is 4.82. The Labute approximate surface area is 101 Å². The molecule has 5 nitrogen and oxygen atoms in total. The molecule has 88 valence electrons. The van der Waals surface area contributed by atoms with Gasteiger partial charge in [-0.2, -0.15) is 0 Å². The van der Waals surface area contributed by atoms with Crippen LogP contribution in [0.4, 0.5) is 0 Å². The van der Waals surface area contributed by atoms with Gasteiger partial charge < -0.3 is 14.8 Å². The largest absolute Gasteiger partial charge is 0.481 e. The molecule has 0 bridgehead atoms. The Morgan fingerprint density at radius 2 is 2.19 bits per heavy atom. The first-order valence-electron chi connectivity index (χ1n) is 4.59. The number of aliphatic carboxylic acids is 1. The number of hydrogen-bond donors (Lipinski definition) is 2. The number of carboxylic acid groups (broad SMARTS) is 1. The van der Waals surface area contributed by atoms with Gasteiger partial charge in [-0.05, 0) is 35.8 Å². The smallest absolute Gasteiger partial charge is 0.310 e. The molecule has 0 atom stereocenters. The lowest BCUT2D eigenvalue weighted by atomic mass is 9.94. The topological polar surface area (TPSA) is 79.5 Å². The number of carbonyl (C=O) groups is 2. The van der Waals surface area contributed by atoms with Crippen LogP contribution in [0.2, 0.25) is 0 Å². The molecule has 0 fully saturated rings. The lowest BCUT2D eigenvalue weighted by Gasteiger charge is -2.18. The van der Waals surface area contributed by atoms with Crippen molar-refractivity contribution in [3.8, 4) is 0 Å². The van der Waals surface area contributed by atoms with Crippen molar-refractivity contribution in [1.82, 2.24) is 5.32 Å². The third-order valence-corrected chi connectivity index (χ3v) is 2.72. The molecule has 0 aromatic carbocycles. The third-order valence-electron chi connectivity index (χ3n) is 2.09. The van der Waals surface area contributed by atoms with Gasteiger partial charge >= 0.3 is 5.97 Å². The van der Waals surface area contributed by atoms with Crippen molar-refractivity contribution < 1.29 is 19.1 Å². The van der Waals surface area contributed by atoms with Crippen LogP contribution >= 0.6 is 15.9 Å². The molecule has 0 unspecified atom stereocenters. The van der Waals surface area contributed by atoms with Crippen molar-refractivity contribution in [2.45, 2.75) is 13.8 Å². The van der Waals surface area contributed by atoms with Gasteiger partial charge in [0, 0.05) is 6.54 Å².